The van der Waals surface area contributed by atoms with Crippen LogP contribution in [0.15, 0.2) is 78.0 Å². The molecule has 1 atom stereocenters. The average molecular weight is 581 g/mol. The zero-order valence-electron chi connectivity index (χ0n) is 20.9. The molecule has 11 heteroatoms. The van der Waals surface area contributed by atoms with Crippen LogP contribution in [-0.4, -0.2) is 30.5 Å². The molecule has 0 aliphatic rings. The third-order valence-corrected chi connectivity index (χ3v) is 7.56. The number of aliphatic hydroxyl groups excluding tert-OH is 1. The molecule has 3 aromatic carbocycles. The predicted octanol–water partition coefficient (Wildman–Crippen LogP) is 5.20. The standard InChI is InChI=1S/C27H28Cl2FN3O4S/c1-15(25-19(28)6-5-7-21(25)30)33(14-24(31)27(2,3)35)22-11-9-16(12-20(22)29)17-8-10-18(26(32)34)23(13-17)38(4,36)37/h5-14,26,34-35H,1,31-32H2,2-4H3/b24-14-/t26-/m1/s1. The molecular weight excluding hydrogens is 552 g/mol. The highest BCUT2D eigenvalue weighted by molar-refractivity contribution is 7.90. The zero-order chi connectivity index (χ0) is 28.6. The molecular formula is C27H28Cl2FN3O4S. The summed E-state index contributed by atoms with van der Waals surface area (Å²) in [4.78, 5) is 1.30. The van der Waals surface area contributed by atoms with Gasteiger partial charge in [0.25, 0.3) is 0 Å². The summed E-state index contributed by atoms with van der Waals surface area (Å²) in [5.41, 5.74) is 11.9. The summed E-state index contributed by atoms with van der Waals surface area (Å²) in [6, 6.07) is 13.5. The van der Waals surface area contributed by atoms with Gasteiger partial charge >= 0.3 is 0 Å². The van der Waals surface area contributed by atoms with E-state index < -0.39 is 27.5 Å². The fraction of sp³-hybridized carbons (Fsp3) is 0.185. The molecule has 0 aliphatic carbocycles. The number of nitrogens with zero attached hydrogens (tertiary/aromatic N) is 1. The van der Waals surface area contributed by atoms with Gasteiger partial charge < -0.3 is 26.6 Å². The SMILES string of the molecule is C=C(c1c(F)cccc1Cl)N(/C=C(\N)C(C)(C)O)c1ccc(-c2ccc([C@H](N)O)c(S(C)(=O)=O)c2)cc1Cl. The van der Waals surface area contributed by atoms with Gasteiger partial charge in [-0.2, -0.15) is 0 Å². The second-order valence-corrected chi connectivity index (χ2v) is 12.0. The highest BCUT2D eigenvalue weighted by Crippen LogP contribution is 2.38. The van der Waals surface area contributed by atoms with Crippen molar-refractivity contribution in [2.24, 2.45) is 11.5 Å². The second-order valence-electron chi connectivity index (χ2n) is 9.19. The quantitative estimate of drug-likeness (QED) is 0.270. The van der Waals surface area contributed by atoms with Crippen molar-refractivity contribution < 1.29 is 23.0 Å². The van der Waals surface area contributed by atoms with Crippen molar-refractivity contribution in [3.8, 4) is 11.1 Å². The van der Waals surface area contributed by atoms with E-state index in [1.807, 2.05) is 0 Å². The molecule has 38 heavy (non-hydrogen) atoms. The third kappa shape index (κ3) is 6.37. The van der Waals surface area contributed by atoms with Crippen LogP contribution in [0.4, 0.5) is 10.1 Å². The Labute approximate surface area is 231 Å². The third-order valence-electron chi connectivity index (χ3n) is 5.79. The number of sulfone groups is 1. The van der Waals surface area contributed by atoms with Gasteiger partial charge in [0.1, 0.15) is 12.0 Å². The van der Waals surface area contributed by atoms with E-state index in [0.717, 1.165) is 6.26 Å². The first kappa shape index (κ1) is 29.6. The van der Waals surface area contributed by atoms with Crippen LogP contribution < -0.4 is 16.4 Å². The minimum absolute atomic E-state index is 0.0165. The molecule has 0 aliphatic heterocycles. The van der Waals surface area contributed by atoms with Gasteiger partial charge in [-0.25, -0.2) is 12.8 Å². The van der Waals surface area contributed by atoms with E-state index in [0.29, 0.717) is 16.8 Å². The largest absolute Gasteiger partial charge is 0.399 e. The Morgan fingerprint density at radius 3 is 2.24 bits per heavy atom. The minimum atomic E-state index is -3.70. The maximum absolute atomic E-state index is 14.8. The molecule has 0 aromatic heterocycles. The number of halogens is 3. The van der Waals surface area contributed by atoms with Gasteiger partial charge in [0, 0.05) is 18.0 Å². The van der Waals surface area contributed by atoms with Gasteiger partial charge in [0.15, 0.2) is 9.84 Å². The monoisotopic (exact) mass is 579 g/mol. The van der Waals surface area contributed by atoms with E-state index >= 15 is 0 Å². The molecule has 0 amide bonds. The molecule has 0 saturated heterocycles. The summed E-state index contributed by atoms with van der Waals surface area (Å²) < 4.78 is 39.4. The Morgan fingerprint density at radius 2 is 1.71 bits per heavy atom. The number of benzene rings is 3. The van der Waals surface area contributed by atoms with Crippen LogP contribution in [0.3, 0.4) is 0 Å². The van der Waals surface area contributed by atoms with Crippen LogP contribution in [0.5, 0.6) is 0 Å². The highest BCUT2D eigenvalue weighted by atomic mass is 35.5. The van der Waals surface area contributed by atoms with E-state index in [2.05, 4.69) is 6.58 Å². The van der Waals surface area contributed by atoms with Crippen LogP contribution in [0.2, 0.25) is 10.0 Å². The molecule has 0 saturated carbocycles. The van der Waals surface area contributed by atoms with Gasteiger partial charge in [-0.15, -0.1) is 0 Å². The van der Waals surface area contributed by atoms with E-state index in [1.165, 1.54) is 55.3 Å². The summed E-state index contributed by atoms with van der Waals surface area (Å²) >= 11 is 13.0. The normalized spacial score (nSPS) is 13.3. The van der Waals surface area contributed by atoms with Gasteiger partial charge in [0.2, 0.25) is 0 Å². The second kappa shape index (κ2) is 11.1. The van der Waals surface area contributed by atoms with E-state index in [4.69, 9.17) is 34.7 Å². The first-order valence-corrected chi connectivity index (χ1v) is 13.9. The molecule has 0 unspecified atom stereocenters. The van der Waals surface area contributed by atoms with Gasteiger partial charge in [0.05, 0.1) is 43.2 Å². The van der Waals surface area contributed by atoms with Crippen molar-refractivity contribution in [3.05, 3.63) is 100 Å². The molecule has 0 fully saturated rings. The molecule has 0 spiro atoms. The molecule has 0 radical (unpaired) electrons. The Balaban J connectivity index is 2.18. The molecule has 3 rings (SSSR count). The van der Waals surface area contributed by atoms with Crippen molar-refractivity contribution in [2.45, 2.75) is 30.6 Å². The van der Waals surface area contributed by atoms with Crippen molar-refractivity contribution in [3.63, 3.8) is 0 Å². The number of nitrogens with two attached hydrogens (primary N) is 2. The summed E-state index contributed by atoms with van der Waals surface area (Å²) in [6.07, 6.45) is 0.924. The average Bonchev–Trinajstić information content (AvgIpc) is 2.80. The fourth-order valence-corrected chi connectivity index (χ4v) is 5.15. The van der Waals surface area contributed by atoms with Crippen molar-refractivity contribution in [1.82, 2.24) is 0 Å². The maximum atomic E-state index is 14.8. The fourth-order valence-electron chi connectivity index (χ4n) is 3.65. The molecule has 6 N–H and O–H groups in total. The topological polar surface area (TPSA) is 130 Å². The molecule has 7 nitrogen and oxygen atoms in total. The van der Waals surface area contributed by atoms with Gasteiger partial charge in [-0.05, 0) is 55.3 Å². The molecule has 3 aromatic rings. The van der Waals surface area contributed by atoms with Crippen LogP contribution >= 0.6 is 23.2 Å². The van der Waals surface area contributed by atoms with Crippen LogP contribution in [0.1, 0.15) is 31.2 Å². The molecule has 0 bridgehead atoms. The highest BCUT2D eigenvalue weighted by Gasteiger charge is 2.24. The van der Waals surface area contributed by atoms with Crippen molar-refractivity contribution in [1.29, 1.82) is 0 Å². The number of aliphatic hydroxyl groups is 2. The number of anilines is 1. The summed E-state index contributed by atoms with van der Waals surface area (Å²) in [7, 11) is -3.70. The summed E-state index contributed by atoms with van der Waals surface area (Å²) in [5, 5.41) is 20.5. The summed E-state index contributed by atoms with van der Waals surface area (Å²) in [6.45, 7) is 6.98. The van der Waals surface area contributed by atoms with Gasteiger partial charge in [-0.3, -0.25) is 0 Å². The number of hydrogen-bond acceptors (Lipinski definition) is 7. The molecule has 202 valence electrons. The zero-order valence-corrected chi connectivity index (χ0v) is 23.2. The Bertz CT molecular complexity index is 1510. The van der Waals surface area contributed by atoms with E-state index in [9.17, 15) is 23.0 Å². The van der Waals surface area contributed by atoms with Gasteiger partial charge in [-0.1, -0.05) is 54.0 Å². The Kier molecular flexibility index (Phi) is 8.62. The number of hydrogen-bond donors (Lipinski definition) is 4. The smallest absolute Gasteiger partial charge is 0.175 e. The van der Waals surface area contributed by atoms with Crippen molar-refractivity contribution >= 4 is 44.4 Å². The summed E-state index contributed by atoms with van der Waals surface area (Å²) in [5.74, 6) is -0.619. The van der Waals surface area contributed by atoms with Crippen LogP contribution in [0.25, 0.3) is 16.8 Å². The van der Waals surface area contributed by atoms with Crippen LogP contribution in [-0.2, 0) is 9.84 Å². The first-order valence-electron chi connectivity index (χ1n) is 11.2. The molecule has 0 heterocycles. The number of rotatable bonds is 8. The van der Waals surface area contributed by atoms with E-state index in [-0.39, 0.29) is 37.5 Å². The lowest BCUT2D eigenvalue weighted by atomic mass is 10.0. The van der Waals surface area contributed by atoms with Crippen molar-refractivity contribution in [2.75, 3.05) is 11.2 Å². The lowest BCUT2D eigenvalue weighted by molar-refractivity contribution is 0.118. The first-order chi connectivity index (χ1) is 17.5. The lowest BCUT2D eigenvalue weighted by Crippen LogP contribution is -2.30. The van der Waals surface area contributed by atoms with E-state index in [1.54, 1.807) is 24.3 Å². The Hall–Kier alpha value is -2.92. The van der Waals surface area contributed by atoms with Crippen LogP contribution in [0, 0.1) is 5.82 Å². The predicted molar refractivity (Wildman–Crippen MR) is 151 cm³/mol. The lowest BCUT2D eigenvalue weighted by Gasteiger charge is -2.28. The maximum Gasteiger partial charge on any atom is 0.175 e. The minimum Gasteiger partial charge on any atom is -0.399 e. The Morgan fingerprint density at radius 1 is 1.11 bits per heavy atom.